The summed E-state index contributed by atoms with van der Waals surface area (Å²) in [6.07, 6.45) is 8.41. The van der Waals surface area contributed by atoms with Gasteiger partial charge in [-0.1, -0.05) is 54.6 Å². The van der Waals surface area contributed by atoms with Crippen LogP contribution in [0.5, 0.6) is 0 Å². The zero-order valence-electron chi connectivity index (χ0n) is 17.2. The van der Waals surface area contributed by atoms with Crippen LogP contribution < -0.4 is 5.32 Å². The number of hydrogen-bond acceptors (Lipinski definition) is 3. The molecule has 0 radical (unpaired) electrons. The number of benzene rings is 2. The van der Waals surface area contributed by atoms with Gasteiger partial charge in [0.25, 0.3) is 5.91 Å². The summed E-state index contributed by atoms with van der Waals surface area (Å²) in [4.78, 5) is 17.6. The van der Waals surface area contributed by atoms with Gasteiger partial charge in [-0.05, 0) is 48.1 Å². The molecule has 2 aromatic heterocycles. The van der Waals surface area contributed by atoms with E-state index in [1.807, 2.05) is 47.3 Å². The van der Waals surface area contributed by atoms with E-state index >= 15 is 0 Å². The van der Waals surface area contributed by atoms with Crippen molar-refractivity contribution in [3.05, 3.63) is 108 Å². The molecular formula is C26H24N4O. The predicted molar refractivity (Wildman–Crippen MR) is 121 cm³/mol. The van der Waals surface area contributed by atoms with Crippen LogP contribution in [0.2, 0.25) is 0 Å². The topological polar surface area (TPSA) is 59.8 Å². The number of nitrogens with one attached hydrogen (secondary N) is 1. The molecule has 0 spiro atoms. The molecule has 5 rings (SSSR count). The van der Waals surface area contributed by atoms with Crippen molar-refractivity contribution in [2.24, 2.45) is 0 Å². The molecule has 0 bridgehead atoms. The van der Waals surface area contributed by atoms with Crippen LogP contribution in [-0.4, -0.2) is 20.7 Å². The second-order valence-electron chi connectivity index (χ2n) is 7.93. The minimum atomic E-state index is -0.0973. The third-order valence-electron chi connectivity index (χ3n) is 5.80. The lowest BCUT2D eigenvalue weighted by Crippen LogP contribution is -2.31. The van der Waals surface area contributed by atoms with E-state index in [0.29, 0.717) is 17.8 Å². The minimum absolute atomic E-state index is 0.0247. The Bertz CT molecular complexity index is 1180. The smallest absolute Gasteiger partial charge is 0.255 e. The Hall–Kier alpha value is -3.73. The fraction of sp³-hybridized carbons (Fsp3) is 0.192. The summed E-state index contributed by atoms with van der Waals surface area (Å²) in [5, 5.41) is 8.02. The van der Waals surface area contributed by atoms with E-state index < -0.39 is 0 Å². The number of carbonyl (C=O) groups excluding carboxylic acids is 1. The maximum atomic E-state index is 13.4. The Labute approximate surface area is 181 Å². The molecule has 4 aromatic rings. The van der Waals surface area contributed by atoms with Crippen molar-refractivity contribution in [1.29, 1.82) is 0 Å². The Morgan fingerprint density at radius 3 is 2.71 bits per heavy atom. The van der Waals surface area contributed by atoms with Gasteiger partial charge in [0, 0.05) is 24.2 Å². The molecule has 1 atom stereocenters. The zero-order chi connectivity index (χ0) is 21.0. The van der Waals surface area contributed by atoms with Crippen LogP contribution >= 0.6 is 0 Å². The number of carbonyl (C=O) groups is 1. The summed E-state index contributed by atoms with van der Waals surface area (Å²) in [5.74, 6) is -0.0973. The Morgan fingerprint density at radius 2 is 1.87 bits per heavy atom. The quantitative estimate of drug-likeness (QED) is 0.516. The van der Waals surface area contributed by atoms with E-state index in [9.17, 15) is 4.79 Å². The van der Waals surface area contributed by atoms with E-state index in [1.54, 1.807) is 12.4 Å². The van der Waals surface area contributed by atoms with Crippen LogP contribution in [0.25, 0.3) is 11.3 Å². The number of hydrogen-bond donors (Lipinski definition) is 1. The van der Waals surface area contributed by atoms with Crippen LogP contribution in [0.3, 0.4) is 0 Å². The standard InChI is InChI=1S/C26H24N4O/c31-26(28-24-14-6-11-20-10-4-5-13-22(20)24)23-18-30(17-19-8-2-1-3-9-19)29-25(23)21-12-7-15-27-16-21/h1-5,7-10,12-13,15-16,18,24H,6,11,14,17H2,(H,28,31)/t24-/m0/s1. The van der Waals surface area contributed by atoms with E-state index in [-0.39, 0.29) is 11.9 Å². The number of nitrogens with zero attached hydrogens (tertiary/aromatic N) is 3. The highest BCUT2D eigenvalue weighted by Gasteiger charge is 2.25. The molecule has 154 valence electrons. The van der Waals surface area contributed by atoms with Gasteiger partial charge in [-0.25, -0.2) is 0 Å². The van der Waals surface area contributed by atoms with Crippen LogP contribution in [0, 0.1) is 0 Å². The lowest BCUT2D eigenvalue weighted by molar-refractivity contribution is 0.0933. The monoisotopic (exact) mass is 408 g/mol. The third kappa shape index (κ3) is 4.12. The molecule has 0 unspecified atom stereocenters. The maximum absolute atomic E-state index is 13.4. The van der Waals surface area contributed by atoms with Gasteiger partial charge < -0.3 is 5.32 Å². The van der Waals surface area contributed by atoms with Crippen molar-refractivity contribution in [1.82, 2.24) is 20.1 Å². The molecule has 0 aliphatic heterocycles. The molecule has 2 aromatic carbocycles. The van der Waals surface area contributed by atoms with E-state index in [2.05, 4.69) is 40.6 Å². The average molecular weight is 409 g/mol. The molecule has 1 amide bonds. The third-order valence-corrected chi connectivity index (χ3v) is 5.80. The summed E-state index contributed by atoms with van der Waals surface area (Å²) in [7, 11) is 0. The molecule has 1 aliphatic carbocycles. The number of rotatable bonds is 5. The SMILES string of the molecule is O=C(N[C@H]1CCCc2ccccc21)c1cn(Cc2ccccc2)nc1-c1cccnc1. The minimum Gasteiger partial charge on any atom is -0.345 e. The number of pyridine rings is 1. The molecule has 0 saturated carbocycles. The Kier molecular flexibility index (Phi) is 5.31. The largest absolute Gasteiger partial charge is 0.345 e. The van der Waals surface area contributed by atoms with Gasteiger partial charge in [0.2, 0.25) is 0 Å². The molecule has 1 aliphatic rings. The van der Waals surface area contributed by atoms with Crippen LogP contribution in [0.15, 0.2) is 85.3 Å². The van der Waals surface area contributed by atoms with Crippen molar-refractivity contribution >= 4 is 5.91 Å². The molecule has 0 fully saturated rings. The highest BCUT2D eigenvalue weighted by Crippen LogP contribution is 2.30. The number of aryl methyl sites for hydroxylation is 1. The highest BCUT2D eigenvalue weighted by molar-refractivity contribution is 6.00. The first-order valence-corrected chi connectivity index (χ1v) is 10.7. The molecule has 1 N–H and O–H groups in total. The molecule has 5 nitrogen and oxygen atoms in total. The first-order valence-electron chi connectivity index (χ1n) is 10.7. The number of fused-ring (bicyclic) bond motifs is 1. The summed E-state index contributed by atoms with van der Waals surface area (Å²) in [6.45, 7) is 0.605. The zero-order valence-corrected chi connectivity index (χ0v) is 17.2. The fourth-order valence-electron chi connectivity index (χ4n) is 4.29. The van der Waals surface area contributed by atoms with Gasteiger partial charge in [-0.15, -0.1) is 0 Å². The molecule has 5 heteroatoms. The van der Waals surface area contributed by atoms with Crippen LogP contribution in [0.4, 0.5) is 0 Å². The van der Waals surface area contributed by atoms with Gasteiger partial charge in [0.15, 0.2) is 0 Å². The van der Waals surface area contributed by atoms with Gasteiger partial charge in [0.05, 0.1) is 18.2 Å². The van der Waals surface area contributed by atoms with E-state index in [0.717, 1.165) is 30.4 Å². The van der Waals surface area contributed by atoms with Gasteiger partial charge in [-0.3, -0.25) is 14.5 Å². The number of aromatic nitrogens is 3. The van der Waals surface area contributed by atoms with Crippen molar-refractivity contribution in [3.8, 4) is 11.3 Å². The predicted octanol–water partition coefficient (Wildman–Crippen LogP) is 4.80. The Balaban J connectivity index is 1.47. The van der Waals surface area contributed by atoms with Crippen molar-refractivity contribution in [3.63, 3.8) is 0 Å². The lowest BCUT2D eigenvalue weighted by atomic mass is 9.87. The lowest BCUT2D eigenvalue weighted by Gasteiger charge is -2.26. The van der Waals surface area contributed by atoms with E-state index in [4.69, 9.17) is 5.10 Å². The Morgan fingerprint density at radius 1 is 1.03 bits per heavy atom. The van der Waals surface area contributed by atoms with Gasteiger partial charge >= 0.3 is 0 Å². The first-order chi connectivity index (χ1) is 15.3. The second kappa shape index (κ2) is 8.56. The highest BCUT2D eigenvalue weighted by atomic mass is 16.1. The van der Waals surface area contributed by atoms with Crippen molar-refractivity contribution in [2.75, 3.05) is 0 Å². The van der Waals surface area contributed by atoms with Crippen LogP contribution in [-0.2, 0) is 13.0 Å². The summed E-state index contributed by atoms with van der Waals surface area (Å²) in [5.41, 5.74) is 5.75. The molecule has 31 heavy (non-hydrogen) atoms. The number of amides is 1. The van der Waals surface area contributed by atoms with Crippen molar-refractivity contribution in [2.45, 2.75) is 31.8 Å². The van der Waals surface area contributed by atoms with Gasteiger partial charge in [-0.2, -0.15) is 5.10 Å². The summed E-state index contributed by atoms with van der Waals surface area (Å²) in [6, 6.07) is 22.4. The fourth-order valence-corrected chi connectivity index (χ4v) is 4.29. The normalized spacial score (nSPS) is 15.3. The first kappa shape index (κ1) is 19.2. The summed E-state index contributed by atoms with van der Waals surface area (Å²) >= 11 is 0. The van der Waals surface area contributed by atoms with Crippen LogP contribution in [0.1, 0.15) is 45.9 Å². The summed E-state index contributed by atoms with van der Waals surface area (Å²) < 4.78 is 1.83. The molecular weight excluding hydrogens is 384 g/mol. The van der Waals surface area contributed by atoms with Gasteiger partial charge in [0.1, 0.15) is 5.69 Å². The van der Waals surface area contributed by atoms with Crippen molar-refractivity contribution < 1.29 is 4.79 Å². The molecule has 2 heterocycles. The molecule has 0 saturated heterocycles. The maximum Gasteiger partial charge on any atom is 0.255 e. The second-order valence-corrected chi connectivity index (χ2v) is 7.93. The van der Waals surface area contributed by atoms with E-state index in [1.165, 1.54) is 11.1 Å². The average Bonchev–Trinajstić information content (AvgIpc) is 3.24.